The van der Waals surface area contributed by atoms with Gasteiger partial charge in [0.1, 0.15) is 0 Å². The first-order chi connectivity index (χ1) is 6.81. The monoisotopic (exact) mass is 197 g/mol. The molecule has 0 saturated carbocycles. The van der Waals surface area contributed by atoms with Crippen LogP contribution in [0.3, 0.4) is 0 Å². The van der Waals surface area contributed by atoms with E-state index in [4.69, 9.17) is 5.73 Å². The summed E-state index contributed by atoms with van der Waals surface area (Å²) in [4.78, 5) is 16.1. The number of nitrogens with two attached hydrogens (primary N) is 1. The predicted octanol–water partition coefficient (Wildman–Crippen LogP) is -0.358. The number of piperidine rings is 1. The second-order valence-electron chi connectivity index (χ2n) is 4.24. The van der Waals surface area contributed by atoms with Gasteiger partial charge in [-0.15, -0.1) is 0 Å². The Balaban J connectivity index is 2.01. The second-order valence-corrected chi connectivity index (χ2v) is 4.24. The molecular formula is C10H19N3O. The van der Waals surface area contributed by atoms with E-state index in [0.29, 0.717) is 25.0 Å². The Morgan fingerprint density at radius 2 is 2.07 bits per heavy atom. The van der Waals surface area contributed by atoms with E-state index in [9.17, 15) is 4.79 Å². The van der Waals surface area contributed by atoms with Crippen LogP contribution in [0.2, 0.25) is 0 Å². The molecule has 0 aromatic heterocycles. The van der Waals surface area contributed by atoms with Crippen LogP contribution in [0, 0.1) is 0 Å². The van der Waals surface area contributed by atoms with Crippen LogP contribution >= 0.6 is 0 Å². The Morgan fingerprint density at radius 3 is 2.71 bits per heavy atom. The molecule has 2 N–H and O–H groups in total. The molecule has 0 spiro atoms. The van der Waals surface area contributed by atoms with Gasteiger partial charge in [0.2, 0.25) is 5.91 Å². The molecule has 0 aliphatic carbocycles. The summed E-state index contributed by atoms with van der Waals surface area (Å²) in [7, 11) is 0. The number of carbonyl (C=O) groups excluding carboxylic acids is 1. The van der Waals surface area contributed by atoms with E-state index in [0.717, 1.165) is 38.9 Å². The van der Waals surface area contributed by atoms with Gasteiger partial charge in [-0.05, 0) is 25.8 Å². The summed E-state index contributed by atoms with van der Waals surface area (Å²) in [6.45, 7) is 4.35. The Kier molecular flexibility index (Phi) is 3.03. The highest BCUT2D eigenvalue weighted by atomic mass is 16.2. The summed E-state index contributed by atoms with van der Waals surface area (Å²) in [5.74, 6) is 0.304. The van der Waals surface area contributed by atoms with Crippen LogP contribution in [-0.2, 0) is 4.79 Å². The molecule has 0 unspecified atom stereocenters. The first-order valence-corrected chi connectivity index (χ1v) is 5.53. The zero-order valence-electron chi connectivity index (χ0n) is 8.61. The number of hydrogen-bond acceptors (Lipinski definition) is 3. The average Bonchev–Trinajstić information content (AvgIpc) is 2.43. The van der Waals surface area contributed by atoms with E-state index in [-0.39, 0.29) is 0 Å². The molecule has 3 aliphatic heterocycles. The highest BCUT2D eigenvalue weighted by Gasteiger charge is 2.32. The topological polar surface area (TPSA) is 49.6 Å². The van der Waals surface area contributed by atoms with Crippen LogP contribution in [0.25, 0.3) is 0 Å². The van der Waals surface area contributed by atoms with Crippen LogP contribution in [-0.4, -0.2) is 54.5 Å². The molecular weight excluding hydrogens is 178 g/mol. The standard InChI is InChI=1S/C10H19N3O/c11-4-1-5-13-9-2-6-12(7-3-9)8-10(13)14/h9H,1-8,11H2. The van der Waals surface area contributed by atoms with Gasteiger partial charge < -0.3 is 10.6 Å². The Hall–Kier alpha value is -0.610. The molecule has 0 radical (unpaired) electrons. The molecule has 80 valence electrons. The third-order valence-corrected chi connectivity index (χ3v) is 3.28. The van der Waals surface area contributed by atoms with E-state index in [1.54, 1.807) is 0 Å². The summed E-state index contributed by atoms with van der Waals surface area (Å²) < 4.78 is 0. The van der Waals surface area contributed by atoms with Crippen molar-refractivity contribution < 1.29 is 4.79 Å². The minimum atomic E-state index is 0.304. The van der Waals surface area contributed by atoms with Gasteiger partial charge in [-0.3, -0.25) is 9.69 Å². The molecule has 3 heterocycles. The lowest BCUT2D eigenvalue weighted by atomic mass is 10.1. The van der Waals surface area contributed by atoms with Crippen molar-refractivity contribution in [1.29, 1.82) is 0 Å². The summed E-state index contributed by atoms with van der Waals surface area (Å²) in [5, 5.41) is 0. The quantitative estimate of drug-likeness (QED) is 0.672. The second kappa shape index (κ2) is 4.28. The zero-order chi connectivity index (χ0) is 9.97. The van der Waals surface area contributed by atoms with Gasteiger partial charge >= 0.3 is 0 Å². The third-order valence-electron chi connectivity index (χ3n) is 3.28. The van der Waals surface area contributed by atoms with Gasteiger partial charge in [0.15, 0.2) is 0 Å². The lowest BCUT2D eigenvalue weighted by Gasteiger charge is -2.31. The van der Waals surface area contributed by atoms with E-state index in [1.807, 2.05) is 0 Å². The van der Waals surface area contributed by atoms with E-state index in [2.05, 4.69) is 9.80 Å². The highest BCUT2D eigenvalue weighted by Crippen LogP contribution is 2.21. The Morgan fingerprint density at radius 1 is 1.36 bits per heavy atom. The molecule has 2 bridgehead atoms. The van der Waals surface area contributed by atoms with Gasteiger partial charge in [-0.25, -0.2) is 0 Å². The van der Waals surface area contributed by atoms with E-state index in [1.165, 1.54) is 0 Å². The molecule has 0 atom stereocenters. The molecule has 4 nitrogen and oxygen atoms in total. The molecule has 3 saturated heterocycles. The van der Waals surface area contributed by atoms with Crippen molar-refractivity contribution in [3.8, 4) is 0 Å². The van der Waals surface area contributed by atoms with Crippen molar-refractivity contribution in [2.45, 2.75) is 25.3 Å². The first kappa shape index (κ1) is 9.93. The molecule has 1 amide bonds. The molecule has 3 fully saturated rings. The zero-order valence-corrected chi connectivity index (χ0v) is 8.61. The molecule has 3 aliphatic rings. The summed E-state index contributed by atoms with van der Waals surface area (Å²) in [5.41, 5.74) is 5.48. The summed E-state index contributed by atoms with van der Waals surface area (Å²) in [6.07, 6.45) is 3.23. The van der Waals surface area contributed by atoms with Crippen LogP contribution in [0.15, 0.2) is 0 Å². The molecule has 14 heavy (non-hydrogen) atoms. The van der Waals surface area contributed by atoms with Crippen molar-refractivity contribution in [3.05, 3.63) is 0 Å². The van der Waals surface area contributed by atoms with Gasteiger partial charge in [0.05, 0.1) is 6.54 Å². The number of nitrogens with zero attached hydrogens (tertiary/aromatic N) is 2. The normalized spacial score (nSPS) is 32.1. The minimum Gasteiger partial charge on any atom is -0.338 e. The Bertz CT molecular complexity index is 211. The van der Waals surface area contributed by atoms with Gasteiger partial charge in [0, 0.05) is 25.7 Å². The maximum Gasteiger partial charge on any atom is 0.236 e. The lowest BCUT2D eigenvalue weighted by molar-refractivity contribution is -0.131. The SMILES string of the molecule is NCCCN1C(=O)CN2CCC1CC2. The van der Waals surface area contributed by atoms with Crippen LogP contribution < -0.4 is 5.73 Å². The lowest BCUT2D eigenvalue weighted by Crippen LogP contribution is -2.41. The van der Waals surface area contributed by atoms with E-state index >= 15 is 0 Å². The van der Waals surface area contributed by atoms with Crippen molar-refractivity contribution in [2.24, 2.45) is 5.73 Å². The maximum absolute atomic E-state index is 11.8. The van der Waals surface area contributed by atoms with E-state index < -0.39 is 0 Å². The van der Waals surface area contributed by atoms with Crippen LogP contribution in [0.1, 0.15) is 19.3 Å². The van der Waals surface area contributed by atoms with Crippen molar-refractivity contribution >= 4 is 5.91 Å². The maximum atomic E-state index is 11.8. The molecule has 3 rings (SSSR count). The predicted molar refractivity (Wildman–Crippen MR) is 54.8 cm³/mol. The van der Waals surface area contributed by atoms with Crippen molar-refractivity contribution in [1.82, 2.24) is 9.80 Å². The van der Waals surface area contributed by atoms with Crippen molar-refractivity contribution in [3.63, 3.8) is 0 Å². The first-order valence-electron chi connectivity index (χ1n) is 5.53. The third kappa shape index (κ3) is 1.91. The number of fused-ring (bicyclic) bond motifs is 4. The number of carbonyl (C=O) groups is 1. The summed E-state index contributed by atoms with van der Waals surface area (Å²) >= 11 is 0. The van der Waals surface area contributed by atoms with Gasteiger partial charge in [-0.1, -0.05) is 0 Å². The fraction of sp³-hybridized carbons (Fsp3) is 0.900. The Labute approximate surface area is 85.0 Å². The fourth-order valence-electron chi connectivity index (χ4n) is 2.44. The van der Waals surface area contributed by atoms with Crippen LogP contribution in [0.4, 0.5) is 0 Å². The van der Waals surface area contributed by atoms with Crippen LogP contribution in [0.5, 0.6) is 0 Å². The number of amides is 1. The minimum absolute atomic E-state index is 0.304. The molecule has 4 heteroatoms. The fourth-order valence-corrected chi connectivity index (χ4v) is 2.44. The van der Waals surface area contributed by atoms with Gasteiger partial charge in [-0.2, -0.15) is 0 Å². The number of rotatable bonds is 3. The number of hydrogen-bond donors (Lipinski definition) is 1. The largest absolute Gasteiger partial charge is 0.338 e. The van der Waals surface area contributed by atoms with Gasteiger partial charge in [0.25, 0.3) is 0 Å². The molecule has 0 aromatic carbocycles. The highest BCUT2D eigenvalue weighted by molar-refractivity contribution is 5.79. The average molecular weight is 197 g/mol. The smallest absolute Gasteiger partial charge is 0.236 e. The molecule has 0 aromatic rings. The van der Waals surface area contributed by atoms with Crippen molar-refractivity contribution in [2.75, 3.05) is 32.7 Å². The summed E-state index contributed by atoms with van der Waals surface area (Å²) in [6, 6.07) is 0.493.